The van der Waals surface area contributed by atoms with Crippen molar-refractivity contribution in [3.05, 3.63) is 28.2 Å². The molecule has 0 radical (unpaired) electrons. The maximum Gasteiger partial charge on any atom is 0.389 e. The van der Waals surface area contributed by atoms with Gasteiger partial charge in [0.15, 0.2) is 6.61 Å². The van der Waals surface area contributed by atoms with Crippen molar-refractivity contribution >= 4 is 29.2 Å². The Morgan fingerprint density at radius 3 is 2.50 bits per heavy atom. The molecule has 3 nitrogen and oxygen atoms in total. The molecule has 0 amide bonds. The van der Waals surface area contributed by atoms with Crippen LogP contribution in [0.1, 0.15) is 25.7 Å². The maximum atomic E-state index is 11.9. The molecule has 0 aliphatic carbocycles. The Morgan fingerprint density at radius 1 is 1.14 bits per heavy atom. The fourth-order valence-electron chi connectivity index (χ4n) is 1.56. The van der Waals surface area contributed by atoms with E-state index in [1.807, 2.05) is 0 Å². The highest BCUT2D eigenvalue weighted by Gasteiger charge is 2.25. The standard InChI is InChI=1S/C14H15Cl2F3O3/c15-10-4-5-12(11(16)8-10)22-9-13(20)21-7-3-1-2-6-14(17,18)19/h4-5,8H,1-3,6-7,9H2. The lowest BCUT2D eigenvalue weighted by Crippen LogP contribution is -2.15. The van der Waals surface area contributed by atoms with Crippen molar-refractivity contribution in [2.75, 3.05) is 13.2 Å². The van der Waals surface area contributed by atoms with E-state index in [0.29, 0.717) is 23.6 Å². The van der Waals surface area contributed by atoms with Crippen LogP contribution in [0.3, 0.4) is 0 Å². The number of carbonyl (C=O) groups excluding carboxylic acids is 1. The first-order valence-electron chi connectivity index (χ1n) is 6.58. The van der Waals surface area contributed by atoms with E-state index >= 15 is 0 Å². The molecule has 0 spiro atoms. The molecule has 0 aliphatic rings. The predicted molar refractivity (Wildman–Crippen MR) is 77.4 cm³/mol. The monoisotopic (exact) mass is 358 g/mol. The van der Waals surface area contributed by atoms with Crippen molar-refractivity contribution in [2.24, 2.45) is 0 Å². The fourth-order valence-corrected chi connectivity index (χ4v) is 2.02. The second-order valence-corrected chi connectivity index (χ2v) is 5.35. The highest BCUT2D eigenvalue weighted by Crippen LogP contribution is 2.27. The average molecular weight is 359 g/mol. The molecule has 0 N–H and O–H groups in total. The second-order valence-electron chi connectivity index (χ2n) is 4.51. The number of rotatable bonds is 8. The molecule has 0 saturated carbocycles. The van der Waals surface area contributed by atoms with Crippen molar-refractivity contribution < 1.29 is 27.4 Å². The fraction of sp³-hybridized carbons (Fsp3) is 0.500. The third kappa shape index (κ3) is 8.34. The minimum absolute atomic E-state index is 0.0257. The number of unbranched alkanes of at least 4 members (excludes halogenated alkanes) is 2. The van der Waals surface area contributed by atoms with Gasteiger partial charge in [-0.3, -0.25) is 0 Å². The van der Waals surface area contributed by atoms with Crippen LogP contribution in [0.2, 0.25) is 10.0 Å². The van der Waals surface area contributed by atoms with Gasteiger partial charge in [0, 0.05) is 11.4 Å². The molecule has 8 heteroatoms. The quantitative estimate of drug-likeness (QED) is 0.482. The summed E-state index contributed by atoms with van der Waals surface area (Å²) in [7, 11) is 0. The van der Waals surface area contributed by atoms with Crippen LogP contribution in [0.4, 0.5) is 13.2 Å². The molecule has 0 bridgehead atoms. The van der Waals surface area contributed by atoms with Crippen LogP contribution in [0, 0.1) is 0 Å². The number of ether oxygens (including phenoxy) is 2. The minimum atomic E-state index is -4.14. The first-order valence-corrected chi connectivity index (χ1v) is 7.34. The highest BCUT2D eigenvalue weighted by molar-refractivity contribution is 6.35. The molecule has 0 aliphatic heterocycles. The van der Waals surface area contributed by atoms with E-state index in [9.17, 15) is 18.0 Å². The predicted octanol–water partition coefficient (Wildman–Crippen LogP) is 5.04. The molecule has 0 unspecified atom stereocenters. The smallest absolute Gasteiger partial charge is 0.389 e. The van der Waals surface area contributed by atoms with Gasteiger partial charge in [0.1, 0.15) is 5.75 Å². The number of halogens is 5. The summed E-state index contributed by atoms with van der Waals surface area (Å²) in [5.41, 5.74) is 0. The van der Waals surface area contributed by atoms with E-state index in [1.165, 1.54) is 12.1 Å². The molecular weight excluding hydrogens is 344 g/mol. The average Bonchev–Trinajstić information content (AvgIpc) is 2.40. The number of alkyl halides is 3. The van der Waals surface area contributed by atoms with Crippen molar-refractivity contribution in [1.29, 1.82) is 0 Å². The van der Waals surface area contributed by atoms with E-state index in [0.717, 1.165) is 0 Å². The van der Waals surface area contributed by atoms with Crippen LogP contribution >= 0.6 is 23.2 Å². The Balaban J connectivity index is 2.14. The molecular formula is C14H15Cl2F3O3. The highest BCUT2D eigenvalue weighted by atomic mass is 35.5. The third-order valence-corrected chi connectivity index (χ3v) is 3.14. The molecule has 0 aromatic heterocycles. The van der Waals surface area contributed by atoms with Crippen LogP contribution in [-0.2, 0) is 9.53 Å². The summed E-state index contributed by atoms with van der Waals surface area (Å²) < 4.78 is 45.7. The SMILES string of the molecule is O=C(COc1ccc(Cl)cc1Cl)OCCCCCC(F)(F)F. The molecule has 1 aromatic carbocycles. The lowest BCUT2D eigenvalue weighted by molar-refractivity contribution is -0.146. The van der Waals surface area contributed by atoms with E-state index in [2.05, 4.69) is 0 Å². The Hall–Kier alpha value is -1.14. The van der Waals surface area contributed by atoms with E-state index in [-0.39, 0.29) is 24.7 Å². The normalized spacial score (nSPS) is 11.3. The zero-order valence-electron chi connectivity index (χ0n) is 11.6. The van der Waals surface area contributed by atoms with Gasteiger partial charge in [-0.2, -0.15) is 13.2 Å². The summed E-state index contributed by atoms with van der Waals surface area (Å²) in [6, 6.07) is 4.56. The summed E-state index contributed by atoms with van der Waals surface area (Å²) >= 11 is 11.6. The van der Waals surface area contributed by atoms with Gasteiger partial charge in [-0.25, -0.2) is 4.79 Å². The van der Waals surface area contributed by atoms with Gasteiger partial charge < -0.3 is 9.47 Å². The Morgan fingerprint density at radius 2 is 1.86 bits per heavy atom. The summed E-state index contributed by atoms with van der Waals surface area (Å²) in [6.45, 7) is -0.266. The largest absolute Gasteiger partial charge is 0.480 e. The molecule has 124 valence electrons. The Kier molecular flexibility index (Phi) is 7.82. The number of benzene rings is 1. The maximum absolute atomic E-state index is 11.9. The Bertz CT molecular complexity index is 493. The van der Waals surface area contributed by atoms with E-state index < -0.39 is 18.6 Å². The first-order chi connectivity index (χ1) is 10.3. The summed E-state index contributed by atoms with van der Waals surface area (Å²) in [5, 5.41) is 0.714. The molecule has 0 heterocycles. The van der Waals surface area contributed by atoms with Gasteiger partial charge in [-0.1, -0.05) is 23.2 Å². The van der Waals surface area contributed by atoms with Crippen LogP contribution in [0.5, 0.6) is 5.75 Å². The number of carbonyl (C=O) groups is 1. The van der Waals surface area contributed by atoms with Crippen LogP contribution in [0.15, 0.2) is 18.2 Å². The molecule has 0 fully saturated rings. The molecule has 0 saturated heterocycles. The Labute approximate surface area is 136 Å². The van der Waals surface area contributed by atoms with Gasteiger partial charge >= 0.3 is 12.1 Å². The van der Waals surface area contributed by atoms with Crippen LogP contribution in [-0.4, -0.2) is 25.4 Å². The van der Waals surface area contributed by atoms with Crippen molar-refractivity contribution in [3.8, 4) is 5.75 Å². The number of hydrogen-bond acceptors (Lipinski definition) is 3. The molecule has 1 aromatic rings. The lowest BCUT2D eigenvalue weighted by atomic mass is 10.2. The van der Waals surface area contributed by atoms with Crippen LogP contribution in [0.25, 0.3) is 0 Å². The van der Waals surface area contributed by atoms with Gasteiger partial charge in [0.05, 0.1) is 11.6 Å². The van der Waals surface area contributed by atoms with E-state index in [1.54, 1.807) is 6.07 Å². The van der Waals surface area contributed by atoms with Crippen molar-refractivity contribution in [1.82, 2.24) is 0 Å². The number of esters is 1. The van der Waals surface area contributed by atoms with E-state index in [4.69, 9.17) is 32.7 Å². The number of hydrogen-bond donors (Lipinski definition) is 0. The summed E-state index contributed by atoms with van der Waals surface area (Å²) in [5.74, 6) is -0.310. The second kappa shape index (κ2) is 9.10. The summed E-state index contributed by atoms with van der Waals surface area (Å²) in [6.07, 6.45) is -4.21. The third-order valence-electron chi connectivity index (χ3n) is 2.61. The van der Waals surface area contributed by atoms with Gasteiger partial charge in [-0.15, -0.1) is 0 Å². The summed E-state index contributed by atoms with van der Waals surface area (Å²) in [4.78, 5) is 11.4. The van der Waals surface area contributed by atoms with Crippen molar-refractivity contribution in [2.45, 2.75) is 31.9 Å². The zero-order valence-corrected chi connectivity index (χ0v) is 13.1. The first kappa shape index (κ1) is 18.9. The minimum Gasteiger partial charge on any atom is -0.480 e. The molecule has 22 heavy (non-hydrogen) atoms. The molecule has 1 rings (SSSR count). The van der Waals surface area contributed by atoms with Crippen molar-refractivity contribution in [3.63, 3.8) is 0 Å². The topological polar surface area (TPSA) is 35.5 Å². The van der Waals surface area contributed by atoms with Gasteiger partial charge in [-0.05, 0) is 37.5 Å². The molecule has 0 atom stereocenters. The van der Waals surface area contributed by atoms with Gasteiger partial charge in [0.2, 0.25) is 0 Å². The lowest BCUT2D eigenvalue weighted by Gasteiger charge is -2.09. The zero-order chi connectivity index (χ0) is 16.6. The van der Waals surface area contributed by atoms with Crippen LogP contribution < -0.4 is 4.74 Å². The van der Waals surface area contributed by atoms with Gasteiger partial charge in [0.25, 0.3) is 0 Å².